The zero-order chi connectivity index (χ0) is 30.4. The summed E-state index contributed by atoms with van der Waals surface area (Å²) in [5.74, 6) is 1.67. The number of fused-ring (bicyclic) bond motifs is 2. The van der Waals surface area contributed by atoms with Crippen LogP contribution in [0.15, 0.2) is 30.3 Å². The second-order valence-electron chi connectivity index (χ2n) is 11.9. The Labute approximate surface area is 255 Å². The van der Waals surface area contributed by atoms with E-state index in [0.29, 0.717) is 54.1 Å². The van der Waals surface area contributed by atoms with Crippen LogP contribution in [0.4, 0.5) is 5.69 Å². The molecule has 4 atom stereocenters. The number of ether oxygens (including phenoxy) is 4. The van der Waals surface area contributed by atoms with E-state index in [-0.39, 0.29) is 43.5 Å². The van der Waals surface area contributed by atoms with Gasteiger partial charge in [-0.15, -0.1) is 0 Å². The summed E-state index contributed by atoms with van der Waals surface area (Å²) in [4.78, 5) is 20.1. The summed E-state index contributed by atoms with van der Waals surface area (Å²) >= 11 is 6.43. The van der Waals surface area contributed by atoms with E-state index in [9.17, 15) is 9.90 Å². The van der Waals surface area contributed by atoms with Gasteiger partial charge in [-0.05, 0) is 76.1 Å². The number of benzene rings is 2. The van der Waals surface area contributed by atoms with Gasteiger partial charge >= 0.3 is 0 Å². The Bertz CT molecular complexity index is 1210. The summed E-state index contributed by atoms with van der Waals surface area (Å²) in [7, 11) is 5.95. The highest BCUT2D eigenvalue weighted by molar-refractivity contribution is 6.32. The molecule has 10 heteroatoms. The van der Waals surface area contributed by atoms with Gasteiger partial charge in [-0.2, -0.15) is 0 Å². The smallest absolute Gasteiger partial charge is 0.258 e. The number of halogens is 1. The summed E-state index contributed by atoms with van der Waals surface area (Å²) in [6.07, 6.45) is 2.54. The molecule has 2 aromatic carbocycles. The van der Waals surface area contributed by atoms with E-state index in [2.05, 4.69) is 18.9 Å². The quantitative estimate of drug-likeness (QED) is 0.470. The summed E-state index contributed by atoms with van der Waals surface area (Å²) < 4.78 is 23.8. The van der Waals surface area contributed by atoms with Crippen molar-refractivity contribution in [3.63, 3.8) is 0 Å². The third-order valence-corrected chi connectivity index (χ3v) is 8.26. The Morgan fingerprint density at radius 3 is 2.62 bits per heavy atom. The minimum atomic E-state index is -0.379. The first kappa shape index (κ1) is 32.2. The summed E-state index contributed by atoms with van der Waals surface area (Å²) in [5.41, 5.74) is 2.44. The molecule has 1 amide bonds. The molecule has 1 N–H and O–H groups in total. The molecule has 2 heterocycles. The molecule has 2 aromatic rings. The van der Waals surface area contributed by atoms with E-state index in [1.807, 2.05) is 63.2 Å². The molecule has 2 aliphatic rings. The first-order valence-electron chi connectivity index (χ1n) is 14.8. The fourth-order valence-corrected chi connectivity index (χ4v) is 5.73. The van der Waals surface area contributed by atoms with Crippen molar-refractivity contribution in [2.45, 2.75) is 64.8 Å². The molecule has 4 rings (SSSR count). The molecule has 0 spiro atoms. The first-order valence-corrected chi connectivity index (χ1v) is 15.2. The standard InChI is InChI=1S/C32H46ClN3O6/c1-21-16-36(22(2)19-37)32(38)26-15-25(34(4)5)10-11-28(26)42-23(3)9-7-8-12-39-30(21)18-35(6)17-24-13-27(33)31-29(14-24)40-20-41-31/h10-11,13-15,21-23,30,37H,7-9,12,16-20H2,1-6H3/t21-,22+,23-,30+/m1/s1. The van der Waals surface area contributed by atoms with Gasteiger partial charge in [0.05, 0.1) is 35.4 Å². The highest BCUT2D eigenvalue weighted by atomic mass is 35.5. The number of hydrogen-bond donors (Lipinski definition) is 1. The first-order chi connectivity index (χ1) is 20.1. The second kappa shape index (κ2) is 14.6. The highest BCUT2D eigenvalue weighted by Gasteiger charge is 2.30. The Kier molecular flexibility index (Phi) is 11.2. The molecule has 0 fully saturated rings. The lowest BCUT2D eigenvalue weighted by Crippen LogP contribution is -2.47. The van der Waals surface area contributed by atoms with E-state index in [1.165, 1.54) is 0 Å². The number of aliphatic hydroxyl groups excluding tert-OH is 1. The van der Waals surface area contributed by atoms with Gasteiger partial charge in [0.2, 0.25) is 6.79 Å². The van der Waals surface area contributed by atoms with E-state index in [0.717, 1.165) is 30.5 Å². The SMILES string of the molecule is C[C@@H]1CCCCO[C@@H](CN(C)Cc2cc(Cl)c3c(c2)OCO3)[C@H](C)CN([C@@H](C)CO)C(=O)c2cc(N(C)C)ccc2O1. The van der Waals surface area contributed by atoms with Crippen molar-refractivity contribution >= 4 is 23.2 Å². The minimum Gasteiger partial charge on any atom is -0.490 e. The summed E-state index contributed by atoms with van der Waals surface area (Å²) in [6, 6.07) is 9.24. The van der Waals surface area contributed by atoms with Gasteiger partial charge in [0, 0.05) is 51.9 Å². The Morgan fingerprint density at radius 2 is 1.88 bits per heavy atom. The van der Waals surface area contributed by atoms with Crippen molar-refractivity contribution in [2.24, 2.45) is 5.92 Å². The lowest BCUT2D eigenvalue weighted by atomic mass is 10.0. The van der Waals surface area contributed by atoms with Crippen LogP contribution < -0.4 is 19.1 Å². The number of amides is 1. The van der Waals surface area contributed by atoms with Gasteiger partial charge in [0.25, 0.3) is 5.91 Å². The third kappa shape index (κ3) is 8.01. The maximum absolute atomic E-state index is 14.2. The van der Waals surface area contributed by atoms with Crippen LogP contribution in [0, 0.1) is 5.92 Å². The molecular formula is C32H46ClN3O6. The number of aliphatic hydroxyl groups is 1. The Hall–Kier alpha value is -2.72. The van der Waals surface area contributed by atoms with Crippen molar-refractivity contribution < 1.29 is 28.8 Å². The molecule has 0 bridgehead atoms. The largest absolute Gasteiger partial charge is 0.490 e. The molecule has 42 heavy (non-hydrogen) atoms. The van der Waals surface area contributed by atoms with Crippen LogP contribution in [-0.2, 0) is 11.3 Å². The van der Waals surface area contributed by atoms with E-state index in [1.54, 1.807) is 4.90 Å². The zero-order valence-electron chi connectivity index (χ0n) is 25.8. The van der Waals surface area contributed by atoms with Gasteiger partial charge in [0.15, 0.2) is 11.5 Å². The van der Waals surface area contributed by atoms with Crippen molar-refractivity contribution in [3.05, 3.63) is 46.5 Å². The Morgan fingerprint density at radius 1 is 1.10 bits per heavy atom. The van der Waals surface area contributed by atoms with Crippen LogP contribution in [0.25, 0.3) is 0 Å². The zero-order valence-corrected chi connectivity index (χ0v) is 26.5. The number of carbonyl (C=O) groups excluding carboxylic acids is 1. The minimum absolute atomic E-state index is 0.00555. The highest BCUT2D eigenvalue weighted by Crippen LogP contribution is 2.40. The Balaban J connectivity index is 1.58. The maximum atomic E-state index is 14.2. The van der Waals surface area contributed by atoms with Gasteiger partial charge < -0.3 is 33.9 Å². The molecule has 0 unspecified atom stereocenters. The molecule has 2 aliphatic heterocycles. The van der Waals surface area contributed by atoms with Gasteiger partial charge in [-0.25, -0.2) is 0 Å². The van der Waals surface area contributed by atoms with Crippen molar-refractivity contribution in [1.29, 1.82) is 0 Å². The summed E-state index contributed by atoms with van der Waals surface area (Å²) in [5, 5.41) is 10.7. The van der Waals surface area contributed by atoms with Crippen LogP contribution in [0.5, 0.6) is 17.2 Å². The van der Waals surface area contributed by atoms with Crippen LogP contribution in [0.2, 0.25) is 5.02 Å². The van der Waals surface area contributed by atoms with Crippen LogP contribution >= 0.6 is 11.6 Å². The van der Waals surface area contributed by atoms with Crippen LogP contribution in [0.3, 0.4) is 0 Å². The third-order valence-electron chi connectivity index (χ3n) is 7.98. The number of anilines is 1. The number of rotatable bonds is 7. The maximum Gasteiger partial charge on any atom is 0.258 e. The van der Waals surface area contributed by atoms with Crippen LogP contribution in [0.1, 0.15) is 56.0 Å². The monoisotopic (exact) mass is 603 g/mol. The molecular weight excluding hydrogens is 558 g/mol. The predicted molar refractivity (Wildman–Crippen MR) is 165 cm³/mol. The molecule has 232 valence electrons. The van der Waals surface area contributed by atoms with Crippen molar-refractivity contribution in [2.75, 3.05) is 59.1 Å². The molecule has 0 radical (unpaired) electrons. The molecule has 0 aliphatic carbocycles. The van der Waals surface area contributed by atoms with Crippen LogP contribution in [-0.4, -0.2) is 93.3 Å². The fourth-order valence-electron chi connectivity index (χ4n) is 5.45. The van der Waals surface area contributed by atoms with Gasteiger partial charge in [-0.1, -0.05) is 18.5 Å². The fraction of sp³-hybridized carbons (Fsp3) is 0.594. The average Bonchev–Trinajstić information content (AvgIpc) is 3.43. The number of nitrogens with zero attached hydrogens (tertiary/aromatic N) is 3. The normalized spacial score (nSPS) is 22.4. The molecule has 0 saturated carbocycles. The number of carbonyl (C=O) groups is 1. The molecule has 0 saturated heterocycles. The lowest BCUT2D eigenvalue weighted by molar-refractivity contribution is -0.0177. The number of likely N-dealkylation sites (N-methyl/N-ethyl adjacent to an activating group) is 1. The summed E-state index contributed by atoms with van der Waals surface area (Å²) in [6.45, 7) is 8.41. The van der Waals surface area contributed by atoms with Gasteiger partial charge in [0.1, 0.15) is 5.75 Å². The van der Waals surface area contributed by atoms with E-state index in [4.69, 9.17) is 30.5 Å². The van der Waals surface area contributed by atoms with Crippen molar-refractivity contribution in [1.82, 2.24) is 9.80 Å². The molecule has 9 nitrogen and oxygen atoms in total. The topological polar surface area (TPSA) is 83.9 Å². The lowest BCUT2D eigenvalue weighted by Gasteiger charge is -2.36. The van der Waals surface area contributed by atoms with E-state index >= 15 is 0 Å². The second-order valence-corrected chi connectivity index (χ2v) is 12.3. The van der Waals surface area contributed by atoms with E-state index < -0.39 is 0 Å². The average molecular weight is 604 g/mol. The predicted octanol–water partition coefficient (Wildman–Crippen LogP) is 5.06. The number of hydrogen-bond acceptors (Lipinski definition) is 8. The van der Waals surface area contributed by atoms with Crippen molar-refractivity contribution in [3.8, 4) is 17.2 Å². The van der Waals surface area contributed by atoms with Gasteiger partial charge in [-0.3, -0.25) is 9.69 Å². The molecule has 0 aromatic heterocycles.